The second-order valence-corrected chi connectivity index (χ2v) is 13.3. The highest BCUT2D eigenvalue weighted by atomic mass is 32.2. The van der Waals surface area contributed by atoms with Crippen LogP contribution in [-0.4, -0.2) is 21.9 Å². The third-order valence-electron chi connectivity index (χ3n) is 6.37. The van der Waals surface area contributed by atoms with Gasteiger partial charge in [0.2, 0.25) is 0 Å². The van der Waals surface area contributed by atoms with Crippen LogP contribution in [0.4, 0.5) is 0 Å². The van der Waals surface area contributed by atoms with Gasteiger partial charge in [0.1, 0.15) is 24.1 Å². The van der Waals surface area contributed by atoms with Crippen molar-refractivity contribution < 1.29 is 18.0 Å². The Balaban J connectivity index is 0.981. The van der Waals surface area contributed by atoms with Gasteiger partial charge in [-0.15, -0.1) is 22.7 Å². The number of carbonyl (C=O) groups excluding carboxylic acids is 2. The van der Waals surface area contributed by atoms with Crippen molar-refractivity contribution in [3.05, 3.63) is 119 Å². The number of hydrogen-bond acceptors (Lipinski definition) is 10. The van der Waals surface area contributed by atoms with Crippen molar-refractivity contribution in [2.45, 2.75) is 34.4 Å². The van der Waals surface area contributed by atoms with Gasteiger partial charge in [-0.3, -0.25) is 9.59 Å². The second-order valence-electron chi connectivity index (χ2n) is 9.39. The smallest absolute Gasteiger partial charge is 0.318 e. The summed E-state index contributed by atoms with van der Waals surface area (Å²) in [7, 11) is 0. The fraction of sp³-hybridized carbons (Fsp3) is 0.125. The number of fused-ring (bicyclic) bond motifs is 2. The van der Waals surface area contributed by atoms with Gasteiger partial charge in [-0.05, 0) is 47.2 Å². The molecule has 0 unspecified atom stereocenters. The lowest BCUT2D eigenvalue weighted by Crippen LogP contribution is -2.05. The molecule has 0 fully saturated rings. The molecule has 0 saturated heterocycles. The maximum atomic E-state index is 12.3. The van der Waals surface area contributed by atoms with Crippen LogP contribution in [0, 0.1) is 0 Å². The molecule has 210 valence electrons. The molecule has 0 aliphatic rings. The molecule has 0 N–H and O–H groups in total. The lowest BCUT2D eigenvalue weighted by molar-refractivity contribution is -0.139. The number of carbonyl (C=O) groups is 2. The van der Waals surface area contributed by atoms with Crippen molar-refractivity contribution in [2.75, 3.05) is 0 Å². The Labute approximate surface area is 259 Å². The molecule has 10 heteroatoms. The van der Waals surface area contributed by atoms with E-state index in [-0.39, 0.29) is 12.8 Å². The quantitative estimate of drug-likeness (QED) is 0.132. The first-order valence-corrected chi connectivity index (χ1v) is 16.3. The molecule has 0 aliphatic carbocycles. The van der Waals surface area contributed by atoms with Gasteiger partial charge >= 0.3 is 11.9 Å². The maximum absolute atomic E-state index is 12.3. The zero-order valence-electron chi connectivity index (χ0n) is 22.2. The molecule has 2 heterocycles. The van der Waals surface area contributed by atoms with Crippen molar-refractivity contribution in [1.82, 2.24) is 9.97 Å². The molecule has 0 saturated carbocycles. The van der Waals surface area contributed by atoms with Crippen LogP contribution >= 0.6 is 46.8 Å². The minimum absolute atomic E-state index is 0.0857. The summed E-state index contributed by atoms with van der Waals surface area (Å²) in [5.41, 5.74) is 6.54. The van der Waals surface area contributed by atoms with Gasteiger partial charge in [0.25, 0.3) is 0 Å². The van der Waals surface area contributed by atoms with Crippen LogP contribution in [0.5, 0.6) is 0 Å². The third kappa shape index (κ3) is 7.19. The van der Waals surface area contributed by atoms with Crippen LogP contribution in [-0.2, 0) is 30.8 Å². The van der Waals surface area contributed by atoms with Crippen molar-refractivity contribution in [3.63, 3.8) is 0 Å². The van der Waals surface area contributed by atoms with E-state index in [2.05, 4.69) is 46.4 Å². The van der Waals surface area contributed by atoms with Crippen molar-refractivity contribution in [2.24, 2.45) is 0 Å². The van der Waals surface area contributed by atoms with Gasteiger partial charge in [0.05, 0.1) is 33.3 Å². The zero-order chi connectivity index (χ0) is 28.7. The Morgan fingerprint density at radius 2 is 1.00 bits per heavy atom. The number of nitrogens with zero attached hydrogens (tertiary/aromatic N) is 2. The van der Waals surface area contributed by atoms with E-state index in [9.17, 15) is 9.59 Å². The summed E-state index contributed by atoms with van der Waals surface area (Å²) in [5, 5.41) is 0. The first-order valence-electron chi connectivity index (χ1n) is 13.2. The van der Waals surface area contributed by atoms with Crippen LogP contribution in [0.25, 0.3) is 20.4 Å². The van der Waals surface area contributed by atoms with Crippen molar-refractivity contribution in [3.8, 4) is 0 Å². The van der Waals surface area contributed by atoms with Crippen LogP contribution in [0.15, 0.2) is 106 Å². The number of hydrogen-bond donors (Lipinski definition) is 0. The summed E-state index contributed by atoms with van der Waals surface area (Å²) in [6, 6.07) is 32.6. The Morgan fingerprint density at radius 3 is 1.43 bits per heavy atom. The predicted octanol–water partition coefficient (Wildman–Crippen LogP) is 8.67. The highest BCUT2D eigenvalue weighted by molar-refractivity contribution is 7.97. The molecule has 0 atom stereocenters. The fourth-order valence-corrected chi connectivity index (χ4v) is 7.76. The van der Waals surface area contributed by atoms with Gasteiger partial charge in [-0.1, -0.05) is 84.9 Å². The molecule has 6 aromatic rings. The summed E-state index contributed by atoms with van der Waals surface area (Å²) in [6.07, 6.45) is 1.43. The van der Waals surface area contributed by atoms with E-state index >= 15 is 0 Å². The predicted molar refractivity (Wildman–Crippen MR) is 171 cm³/mol. The highest BCUT2D eigenvalue weighted by Crippen LogP contribution is 2.35. The molecule has 42 heavy (non-hydrogen) atoms. The molecular weight excluding hydrogens is 605 g/mol. The van der Waals surface area contributed by atoms with Gasteiger partial charge in [0.15, 0.2) is 8.68 Å². The Kier molecular flexibility index (Phi) is 9.15. The third-order valence-corrected chi connectivity index (χ3v) is 10.2. The number of rotatable bonds is 11. The first kappa shape index (κ1) is 28.4. The number of aromatic nitrogens is 2. The highest BCUT2D eigenvalue weighted by Gasteiger charge is 2.16. The van der Waals surface area contributed by atoms with Crippen LogP contribution < -0.4 is 0 Å². The average Bonchev–Trinajstić information content (AvgIpc) is 3.64. The summed E-state index contributed by atoms with van der Waals surface area (Å²) >= 11 is 4.84. The van der Waals surface area contributed by atoms with Crippen LogP contribution in [0.2, 0.25) is 0 Å². The second kappa shape index (κ2) is 13.5. The lowest BCUT2D eigenvalue weighted by atomic mass is 10.0. The van der Waals surface area contributed by atoms with Gasteiger partial charge in [0, 0.05) is 0 Å². The molecule has 0 spiro atoms. The monoisotopic (exact) mass is 628 g/mol. The molecule has 0 aliphatic heterocycles. The largest absolute Gasteiger partial charge is 0.383 e. The number of thiazole rings is 2. The topological polar surface area (TPSA) is 78.4 Å². The van der Waals surface area contributed by atoms with E-state index in [0.717, 1.165) is 57.4 Å². The van der Waals surface area contributed by atoms with Crippen LogP contribution in [0.1, 0.15) is 35.1 Å². The normalized spacial score (nSPS) is 11.1. The van der Waals surface area contributed by atoms with Gasteiger partial charge in [-0.2, -0.15) is 0 Å². The van der Waals surface area contributed by atoms with Gasteiger partial charge in [-0.25, -0.2) is 9.97 Å². The van der Waals surface area contributed by atoms with E-state index in [0.29, 0.717) is 8.68 Å². The summed E-state index contributed by atoms with van der Waals surface area (Å²) < 4.78 is 14.1. The first-order chi connectivity index (χ1) is 20.6. The standard InChI is InChI=1S/C32H24N2O4S4/c35-27(37-41-31-33-25-15-7-13-23(29(25)39-31)19-21-9-3-1-4-10-21)17-18-28(36)38-42-32-34-26-16-8-14-24(30(26)40-32)20-22-11-5-2-6-12-22/h1-16H,17-20H2. The summed E-state index contributed by atoms with van der Waals surface area (Å²) in [5.74, 6) is -1.01. The van der Waals surface area contributed by atoms with Crippen molar-refractivity contribution in [1.29, 1.82) is 0 Å². The van der Waals surface area contributed by atoms with E-state index in [1.54, 1.807) is 0 Å². The van der Waals surface area contributed by atoms with Gasteiger partial charge < -0.3 is 8.37 Å². The average molecular weight is 629 g/mol. The summed E-state index contributed by atoms with van der Waals surface area (Å²) in [6.45, 7) is 0. The fourth-order valence-electron chi connectivity index (χ4n) is 4.40. The minimum atomic E-state index is -0.503. The molecule has 6 nitrogen and oxygen atoms in total. The molecule has 6 rings (SSSR count). The van der Waals surface area contributed by atoms with E-state index < -0.39 is 11.9 Å². The molecule has 4 aromatic carbocycles. The Morgan fingerprint density at radius 1 is 0.571 bits per heavy atom. The molecule has 0 amide bonds. The van der Waals surface area contributed by atoms with E-state index in [1.165, 1.54) is 44.9 Å². The number of benzene rings is 4. The van der Waals surface area contributed by atoms with Crippen molar-refractivity contribution >= 4 is 79.1 Å². The minimum Gasteiger partial charge on any atom is -0.383 e. The molecule has 0 radical (unpaired) electrons. The SMILES string of the molecule is O=C(CCC(=O)OSc1nc2cccc(Cc3ccccc3)c2s1)OSc1nc2cccc(Cc3ccccc3)c2s1. The lowest BCUT2D eigenvalue weighted by Gasteiger charge is -2.02. The summed E-state index contributed by atoms with van der Waals surface area (Å²) in [4.78, 5) is 33.9. The Bertz CT molecular complexity index is 1700. The molecular formula is C32H24N2O4S4. The van der Waals surface area contributed by atoms with E-state index in [4.69, 9.17) is 8.37 Å². The molecule has 2 aromatic heterocycles. The maximum Gasteiger partial charge on any atom is 0.318 e. The molecule has 0 bridgehead atoms. The van der Waals surface area contributed by atoms with E-state index in [1.807, 2.05) is 60.7 Å². The van der Waals surface area contributed by atoms with Crippen LogP contribution in [0.3, 0.4) is 0 Å². The Hall–Kier alpha value is -3.70. The zero-order valence-corrected chi connectivity index (χ0v) is 25.5.